The maximum atomic E-state index is 12.9. The lowest BCUT2D eigenvalue weighted by Crippen LogP contribution is -2.15. The van der Waals surface area contributed by atoms with Gasteiger partial charge in [0, 0.05) is 24.8 Å². The molecule has 0 saturated heterocycles. The second kappa shape index (κ2) is 9.16. The monoisotopic (exact) mass is 451 g/mol. The molecular formula is C23H20F3N7. The van der Waals surface area contributed by atoms with Crippen LogP contribution in [-0.2, 0) is 12.6 Å². The number of aryl methyl sites for hydroxylation is 1. The SMILES string of the molecule is CCc1cc2c(NCCNc3ccc(C#N)cn3)nc(-c3ccc(C(F)(F)F)cc3)cn2n1. The first-order chi connectivity index (χ1) is 15.9. The minimum Gasteiger partial charge on any atom is -0.368 e. The average molecular weight is 451 g/mol. The number of rotatable bonds is 7. The Morgan fingerprint density at radius 1 is 1.06 bits per heavy atom. The lowest BCUT2D eigenvalue weighted by Gasteiger charge is -2.12. The van der Waals surface area contributed by atoms with Crippen LogP contribution >= 0.6 is 0 Å². The van der Waals surface area contributed by atoms with Gasteiger partial charge in [0.15, 0.2) is 5.82 Å². The highest BCUT2D eigenvalue weighted by Gasteiger charge is 2.30. The van der Waals surface area contributed by atoms with E-state index in [0.717, 1.165) is 29.8 Å². The molecule has 0 fully saturated rings. The van der Waals surface area contributed by atoms with Crippen LogP contribution < -0.4 is 10.6 Å². The van der Waals surface area contributed by atoms with Crippen molar-refractivity contribution in [3.05, 3.63) is 71.7 Å². The van der Waals surface area contributed by atoms with Crippen LogP contribution in [0.25, 0.3) is 16.8 Å². The Morgan fingerprint density at radius 2 is 1.82 bits per heavy atom. The largest absolute Gasteiger partial charge is 0.416 e. The zero-order valence-electron chi connectivity index (χ0n) is 17.7. The highest BCUT2D eigenvalue weighted by atomic mass is 19.4. The molecule has 0 radical (unpaired) electrons. The van der Waals surface area contributed by atoms with Crippen molar-refractivity contribution in [2.24, 2.45) is 0 Å². The van der Waals surface area contributed by atoms with Gasteiger partial charge < -0.3 is 10.6 Å². The van der Waals surface area contributed by atoms with Crippen LogP contribution in [0.2, 0.25) is 0 Å². The second-order valence-electron chi connectivity index (χ2n) is 7.27. The second-order valence-corrected chi connectivity index (χ2v) is 7.27. The number of hydrogen-bond acceptors (Lipinski definition) is 6. The molecule has 4 aromatic rings. The van der Waals surface area contributed by atoms with Gasteiger partial charge in [0.25, 0.3) is 0 Å². The van der Waals surface area contributed by atoms with Crippen LogP contribution in [0.5, 0.6) is 0 Å². The van der Waals surface area contributed by atoms with Gasteiger partial charge in [-0.05, 0) is 36.8 Å². The molecular weight excluding hydrogens is 431 g/mol. The van der Waals surface area contributed by atoms with Gasteiger partial charge in [-0.1, -0.05) is 19.1 Å². The van der Waals surface area contributed by atoms with Gasteiger partial charge in [-0.15, -0.1) is 0 Å². The predicted molar refractivity (Wildman–Crippen MR) is 119 cm³/mol. The van der Waals surface area contributed by atoms with Gasteiger partial charge >= 0.3 is 6.18 Å². The number of hydrogen-bond donors (Lipinski definition) is 2. The fraction of sp³-hybridized carbons (Fsp3) is 0.217. The Hall–Kier alpha value is -4.13. The summed E-state index contributed by atoms with van der Waals surface area (Å²) in [6.45, 7) is 3.03. The van der Waals surface area contributed by atoms with Crippen molar-refractivity contribution in [1.82, 2.24) is 19.6 Å². The van der Waals surface area contributed by atoms with Crippen LogP contribution in [0.15, 0.2) is 54.9 Å². The fourth-order valence-corrected chi connectivity index (χ4v) is 3.25. The molecule has 168 valence electrons. The van der Waals surface area contributed by atoms with Crippen molar-refractivity contribution in [2.75, 3.05) is 23.7 Å². The van der Waals surface area contributed by atoms with Crippen LogP contribution in [-0.4, -0.2) is 32.7 Å². The summed E-state index contributed by atoms with van der Waals surface area (Å²) < 4.78 is 40.4. The average Bonchev–Trinajstić information content (AvgIpc) is 3.25. The molecule has 10 heteroatoms. The van der Waals surface area contributed by atoms with Crippen LogP contribution in [0.3, 0.4) is 0 Å². The molecule has 7 nitrogen and oxygen atoms in total. The lowest BCUT2D eigenvalue weighted by atomic mass is 10.1. The van der Waals surface area contributed by atoms with Crippen molar-refractivity contribution >= 4 is 17.2 Å². The summed E-state index contributed by atoms with van der Waals surface area (Å²) in [5, 5.41) is 19.8. The molecule has 0 unspecified atom stereocenters. The number of nitrogens with zero attached hydrogens (tertiary/aromatic N) is 5. The minimum atomic E-state index is -4.39. The predicted octanol–water partition coefficient (Wildman–Crippen LogP) is 4.77. The molecule has 33 heavy (non-hydrogen) atoms. The third-order valence-electron chi connectivity index (χ3n) is 4.99. The van der Waals surface area contributed by atoms with Crippen LogP contribution in [0.4, 0.5) is 24.8 Å². The van der Waals surface area contributed by atoms with Gasteiger partial charge in [-0.25, -0.2) is 14.5 Å². The molecule has 0 bridgehead atoms. The highest BCUT2D eigenvalue weighted by Crippen LogP contribution is 2.31. The minimum absolute atomic E-state index is 0.484. The number of halogens is 3. The molecule has 0 atom stereocenters. The van der Waals surface area contributed by atoms with Gasteiger partial charge in [0.2, 0.25) is 0 Å². The first-order valence-electron chi connectivity index (χ1n) is 10.3. The summed E-state index contributed by atoms with van der Waals surface area (Å²) >= 11 is 0. The number of benzene rings is 1. The van der Waals surface area contributed by atoms with Gasteiger partial charge in [0.05, 0.1) is 28.7 Å². The molecule has 3 aromatic heterocycles. The van der Waals surface area contributed by atoms with Gasteiger partial charge in [0.1, 0.15) is 17.4 Å². The topological polar surface area (TPSA) is 90.9 Å². The maximum Gasteiger partial charge on any atom is 0.416 e. The summed E-state index contributed by atoms with van der Waals surface area (Å²) in [6.07, 6.45) is -0.450. The molecule has 2 N–H and O–H groups in total. The Bertz CT molecular complexity index is 1290. The van der Waals surface area contributed by atoms with Gasteiger partial charge in [-0.2, -0.15) is 23.5 Å². The molecule has 0 aliphatic carbocycles. The van der Waals surface area contributed by atoms with E-state index in [-0.39, 0.29) is 0 Å². The van der Waals surface area contributed by atoms with Crippen molar-refractivity contribution < 1.29 is 13.2 Å². The highest BCUT2D eigenvalue weighted by molar-refractivity contribution is 5.72. The van der Waals surface area contributed by atoms with Crippen molar-refractivity contribution in [3.63, 3.8) is 0 Å². The number of fused-ring (bicyclic) bond motifs is 1. The number of anilines is 2. The summed E-state index contributed by atoms with van der Waals surface area (Å²) in [5.74, 6) is 1.22. The van der Waals surface area contributed by atoms with Crippen LogP contribution in [0.1, 0.15) is 23.7 Å². The number of nitriles is 1. The third kappa shape index (κ3) is 5.03. The zero-order chi connectivity index (χ0) is 23.4. The third-order valence-corrected chi connectivity index (χ3v) is 4.99. The molecule has 0 amide bonds. The van der Waals surface area contributed by atoms with Crippen molar-refractivity contribution in [1.29, 1.82) is 5.26 Å². The number of pyridine rings is 1. The fourth-order valence-electron chi connectivity index (χ4n) is 3.25. The van der Waals surface area contributed by atoms with E-state index >= 15 is 0 Å². The summed E-state index contributed by atoms with van der Waals surface area (Å²) in [6, 6.07) is 12.3. The van der Waals surface area contributed by atoms with E-state index in [4.69, 9.17) is 5.26 Å². The summed E-state index contributed by atoms with van der Waals surface area (Å²) in [7, 11) is 0. The smallest absolute Gasteiger partial charge is 0.368 e. The lowest BCUT2D eigenvalue weighted by molar-refractivity contribution is -0.137. The van der Waals surface area contributed by atoms with Crippen LogP contribution in [0, 0.1) is 11.3 Å². The maximum absolute atomic E-state index is 12.9. The molecule has 0 aliphatic heterocycles. The van der Waals surface area contributed by atoms with E-state index in [1.165, 1.54) is 18.3 Å². The Balaban J connectivity index is 1.54. The molecule has 4 rings (SSSR count). The van der Waals surface area contributed by atoms with E-state index in [1.807, 2.05) is 19.1 Å². The molecule has 1 aromatic carbocycles. The Labute approximate surface area is 187 Å². The molecule has 0 aliphatic rings. The van der Waals surface area contributed by atoms with E-state index in [1.54, 1.807) is 22.8 Å². The first kappa shape index (κ1) is 22.1. The summed E-state index contributed by atoms with van der Waals surface area (Å²) in [4.78, 5) is 8.81. The molecule has 0 spiro atoms. The first-order valence-corrected chi connectivity index (χ1v) is 10.3. The van der Waals surface area contributed by atoms with E-state index in [0.29, 0.717) is 41.5 Å². The van der Waals surface area contributed by atoms with Crippen molar-refractivity contribution in [3.8, 4) is 17.3 Å². The quantitative estimate of drug-likeness (QED) is 0.394. The normalized spacial score (nSPS) is 11.4. The van der Waals surface area contributed by atoms with E-state index < -0.39 is 11.7 Å². The van der Waals surface area contributed by atoms with Crippen molar-refractivity contribution in [2.45, 2.75) is 19.5 Å². The standard InChI is InChI=1S/C23H20F3N7/c1-2-18-11-20-22(29-10-9-28-21-8-3-15(12-27)13-30-21)31-19(14-33(20)32-18)16-4-6-17(7-5-16)23(24,25)26/h3-8,11,13-14H,2,9-10H2,1H3,(H,28,30)(H,29,31). The molecule has 3 heterocycles. The number of aromatic nitrogens is 4. The Kier molecular flexibility index (Phi) is 6.13. The van der Waals surface area contributed by atoms with E-state index in [9.17, 15) is 13.2 Å². The summed E-state index contributed by atoms with van der Waals surface area (Å²) in [5.41, 5.74) is 2.49. The van der Waals surface area contributed by atoms with E-state index in [2.05, 4.69) is 25.7 Å². The number of alkyl halides is 3. The van der Waals surface area contributed by atoms with Gasteiger partial charge in [-0.3, -0.25) is 0 Å². The molecule has 0 saturated carbocycles. The Morgan fingerprint density at radius 3 is 2.45 bits per heavy atom. The number of nitrogens with one attached hydrogen (secondary N) is 2. The zero-order valence-corrected chi connectivity index (χ0v) is 17.7.